The van der Waals surface area contributed by atoms with E-state index in [-0.39, 0.29) is 11.8 Å². The minimum atomic E-state index is 0.0687. The molecule has 7 heteroatoms. The highest BCUT2D eigenvalue weighted by atomic mass is 16.4. The van der Waals surface area contributed by atoms with Crippen LogP contribution < -0.4 is 0 Å². The largest absolute Gasteiger partial charge is 0.425 e. The van der Waals surface area contributed by atoms with Crippen LogP contribution in [0.5, 0.6) is 0 Å². The maximum Gasteiger partial charge on any atom is 0.253 e. The predicted octanol–water partition coefficient (Wildman–Crippen LogP) is 2.84. The molecule has 1 N–H and O–H groups in total. The summed E-state index contributed by atoms with van der Waals surface area (Å²) in [6.45, 7) is 1.43. The summed E-state index contributed by atoms with van der Waals surface area (Å²) in [7, 11) is 0. The molecule has 0 spiro atoms. The van der Waals surface area contributed by atoms with E-state index < -0.39 is 0 Å². The van der Waals surface area contributed by atoms with Crippen LogP contribution in [-0.2, 0) is 0 Å². The lowest BCUT2D eigenvalue weighted by Crippen LogP contribution is -2.38. The predicted molar refractivity (Wildman–Crippen MR) is 90.2 cm³/mol. The number of hydrogen-bond acceptors (Lipinski definition) is 5. The van der Waals surface area contributed by atoms with Gasteiger partial charge in [-0.3, -0.25) is 4.79 Å². The number of amides is 1. The number of imidazole rings is 1. The highest BCUT2D eigenvalue weighted by Crippen LogP contribution is 2.40. The van der Waals surface area contributed by atoms with E-state index in [4.69, 9.17) is 4.42 Å². The molecule has 2 fully saturated rings. The molecule has 0 atom stereocenters. The average Bonchev–Trinajstić information content (AvgIpc) is 3.20. The Morgan fingerprint density at radius 2 is 1.80 bits per heavy atom. The first kappa shape index (κ1) is 14.6. The number of rotatable bonds is 3. The van der Waals surface area contributed by atoms with Crippen LogP contribution in [0.1, 0.15) is 59.7 Å². The second-order valence-electron chi connectivity index (χ2n) is 6.95. The Labute approximate surface area is 144 Å². The molecule has 1 aromatic carbocycles. The maximum absolute atomic E-state index is 12.8. The minimum Gasteiger partial charge on any atom is -0.425 e. The third-order valence-electron chi connectivity index (χ3n) is 5.18. The van der Waals surface area contributed by atoms with Gasteiger partial charge in [-0.2, -0.15) is 0 Å². The molecule has 1 amide bonds. The van der Waals surface area contributed by atoms with Crippen LogP contribution in [0.15, 0.2) is 28.9 Å². The highest BCUT2D eigenvalue weighted by Gasteiger charge is 2.32. The Morgan fingerprint density at radius 3 is 2.52 bits per heavy atom. The van der Waals surface area contributed by atoms with Crippen molar-refractivity contribution in [2.45, 2.75) is 37.5 Å². The number of aromatic nitrogens is 4. The van der Waals surface area contributed by atoms with E-state index in [9.17, 15) is 4.79 Å². The average molecular weight is 337 g/mol. The van der Waals surface area contributed by atoms with Gasteiger partial charge in [-0.25, -0.2) is 4.98 Å². The van der Waals surface area contributed by atoms with Gasteiger partial charge >= 0.3 is 0 Å². The van der Waals surface area contributed by atoms with Crippen molar-refractivity contribution >= 4 is 16.9 Å². The topological polar surface area (TPSA) is 87.9 Å². The molecule has 5 rings (SSSR count). The van der Waals surface area contributed by atoms with Crippen molar-refractivity contribution in [2.75, 3.05) is 13.1 Å². The number of piperidine rings is 1. The number of aromatic amines is 1. The van der Waals surface area contributed by atoms with Crippen molar-refractivity contribution in [3.8, 4) is 0 Å². The summed E-state index contributed by atoms with van der Waals surface area (Å²) in [5.41, 5.74) is 2.46. The van der Waals surface area contributed by atoms with E-state index >= 15 is 0 Å². The van der Waals surface area contributed by atoms with Gasteiger partial charge in [-0.15, -0.1) is 10.2 Å². The zero-order valence-electron chi connectivity index (χ0n) is 13.8. The molecule has 0 radical (unpaired) electrons. The Hall–Kier alpha value is -2.70. The molecule has 2 aliphatic rings. The van der Waals surface area contributed by atoms with E-state index in [1.54, 1.807) is 6.33 Å². The quantitative estimate of drug-likeness (QED) is 0.794. The molecular formula is C18H19N5O2. The zero-order valence-corrected chi connectivity index (χ0v) is 13.8. The molecule has 128 valence electrons. The van der Waals surface area contributed by atoms with E-state index in [0.717, 1.165) is 48.5 Å². The zero-order chi connectivity index (χ0) is 16.8. The SMILES string of the molecule is O=C(c1ccc2nc[nH]c2c1)N1CCC(c2nnc(C3CC3)o2)CC1. The van der Waals surface area contributed by atoms with Crippen LogP contribution in [0.25, 0.3) is 11.0 Å². The van der Waals surface area contributed by atoms with Gasteiger partial charge < -0.3 is 14.3 Å². The number of carbonyl (C=O) groups excluding carboxylic acids is 1. The standard InChI is InChI=1S/C18H19N5O2/c24-18(13-3-4-14-15(9-13)20-10-19-14)23-7-5-12(6-8-23)17-22-21-16(25-17)11-1-2-11/h3-4,9-12H,1-2,5-8H2,(H,19,20). The molecule has 3 aromatic rings. The van der Waals surface area contributed by atoms with Gasteiger partial charge in [0, 0.05) is 30.5 Å². The van der Waals surface area contributed by atoms with Gasteiger partial charge in [-0.05, 0) is 43.9 Å². The van der Waals surface area contributed by atoms with E-state index in [1.165, 1.54) is 0 Å². The number of hydrogen-bond donors (Lipinski definition) is 1. The Balaban J connectivity index is 1.26. The lowest BCUT2D eigenvalue weighted by atomic mass is 9.96. The van der Waals surface area contributed by atoms with Crippen molar-refractivity contribution in [2.24, 2.45) is 0 Å². The maximum atomic E-state index is 12.8. The van der Waals surface area contributed by atoms with Crippen molar-refractivity contribution in [3.63, 3.8) is 0 Å². The van der Waals surface area contributed by atoms with Gasteiger partial charge in [0.15, 0.2) is 0 Å². The van der Waals surface area contributed by atoms with Gasteiger partial charge in [-0.1, -0.05) is 0 Å². The molecule has 0 unspecified atom stereocenters. The molecule has 1 saturated carbocycles. The van der Waals surface area contributed by atoms with Crippen LogP contribution in [0.3, 0.4) is 0 Å². The summed E-state index contributed by atoms with van der Waals surface area (Å²) >= 11 is 0. The van der Waals surface area contributed by atoms with Crippen molar-refractivity contribution in [3.05, 3.63) is 41.9 Å². The Bertz CT molecular complexity index is 918. The van der Waals surface area contributed by atoms with E-state index in [0.29, 0.717) is 24.6 Å². The Kier molecular flexibility index (Phi) is 3.33. The summed E-state index contributed by atoms with van der Waals surface area (Å²) in [4.78, 5) is 21.9. The summed E-state index contributed by atoms with van der Waals surface area (Å²) in [6.07, 6.45) is 5.70. The normalized spacial score (nSPS) is 18.8. The van der Waals surface area contributed by atoms with Gasteiger partial charge in [0.25, 0.3) is 5.91 Å². The van der Waals surface area contributed by atoms with Crippen molar-refractivity contribution in [1.82, 2.24) is 25.1 Å². The van der Waals surface area contributed by atoms with Crippen LogP contribution in [0.2, 0.25) is 0 Å². The van der Waals surface area contributed by atoms with E-state index in [2.05, 4.69) is 20.2 Å². The first-order chi connectivity index (χ1) is 12.3. The molecule has 3 heterocycles. The first-order valence-corrected chi connectivity index (χ1v) is 8.83. The molecule has 7 nitrogen and oxygen atoms in total. The fourth-order valence-electron chi connectivity index (χ4n) is 3.49. The molecule has 1 saturated heterocycles. The molecule has 2 aromatic heterocycles. The number of H-pyrrole nitrogens is 1. The number of likely N-dealkylation sites (tertiary alicyclic amines) is 1. The second-order valence-corrected chi connectivity index (χ2v) is 6.95. The third kappa shape index (κ3) is 2.69. The summed E-state index contributed by atoms with van der Waals surface area (Å²) < 4.78 is 5.83. The van der Waals surface area contributed by atoms with Gasteiger partial charge in [0.05, 0.1) is 17.4 Å². The van der Waals surface area contributed by atoms with E-state index in [1.807, 2.05) is 23.1 Å². The van der Waals surface area contributed by atoms with Crippen molar-refractivity contribution < 1.29 is 9.21 Å². The lowest BCUT2D eigenvalue weighted by molar-refractivity contribution is 0.0706. The number of carbonyl (C=O) groups is 1. The number of benzene rings is 1. The van der Waals surface area contributed by atoms with Crippen LogP contribution in [-0.4, -0.2) is 44.1 Å². The van der Waals surface area contributed by atoms with Gasteiger partial charge in [0.2, 0.25) is 11.8 Å². The highest BCUT2D eigenvalue weighted by molar-refractivity contribution is 5.97. The van der Waals surface area contributed by atoms with Gasteiger partial charge in [0.1, 0.15) is 0 Å². The second kappa shape index (κ2) is 5.68. The van der Waals surface area contributed by atoms with Crippen LogP contribution in [0, 0.1) is 0 Å². The van der Waals surface area contributed by atoms with Crippen LogP contribution in [0.4, 0.5) is 0 Å². The third-order valence-corrected chi connectivity index (χ3v) is 5.18. The molecule has 25 heavy (non-hydrogen) atoms. The fourth-order valence-corrected chi connectivity index (χ4v) is 3.49. The summed E-state index contributed by atoms with van der Waals surface area (Å²) in [5, 5.41) is 8.40. The Morgan fingerprint density at radius 1 is 1.08 bits per heavy atom. The van der Waals surface area contributed by atoms with Crippen molar-refractivity contribution in [1.29, 1.82) is 0 Å². The minimum absolute atomic E-state index is 0.0687. The molecule has 0 bridgehead atoms. The number of nitrogens with zero attached hydrogens (tertiary/aromatic N) is 4. The smallest absolute Gasteiger partial charge is 0.253 e. The molecule has 1 aliphatic carbocycles. The monoisotopic (exact) mass is 337 g/mol. The lowest BCUT2D eigenvalue weighted by Gasteiger charge is -2.30. The molecule has 1 aliphatic heterocycles. The fraction of sp³-hybridized carbons (Fsp3) is 0.444. The number of nitrogens with one attached hydrogen (secondary N) is 1. The molecular weight excluding hydrogens is 318 g/mol. The summed E-state index contributed by atoms with van der Waals surface area (Å²) in [6, 6.07) is 5.60. The number of fused-ring (bicyclic) bond motifs is 1. The summed E-state index contributed by atoms with van der Waals surface area (Å²) in [5.74, 6) is 2.35. The first-order valence-electron chi connectivity index (χ1n) is 8.83. The van der Waals surface area contributed by atoms with Crippen LogP contribution >= 0.6 is 0 Å².